The first-order valence-corrected chi connectivity index (χ1v) is 6.88. The number of aromatic nitrogens is 3. The van der Waals surface area contributed by atoms with E-state index in [9.17, 15) is 4.79 Å². The molecule has 1 aromatic carbocycles. The Morgan fingerprint density at radius 3 is 3.05 bits per heavy atom. The van der Waals surface area contributed by atoms with Gasteiger partial charge in [0, 0.05) is 11.7 Å². The van der Waals surface area contributed by atoms with Crippen molar-refractivity contribution in [1.29, 1.82) is 5.26 Å². The van der Waals surface area contributed by atoms with E-state index < -0.39 is 0 Å². The van der Waals surface area contributed by atoms with Crippen LogP contribution in [0, 0.1) is 11.3 Å². The van der Waals surface area contributed by atoms with Crippen LogP contribution in [0.15, 0.2) is 30.6 Å². The molecule has 0 fully saturated rings. The van der Waals surface area contributed by atoms with Crippen LogP contribution in [0.25, 0.3) is 0 Å². The van der Waals surface area contributed by atoms with Gasteiger partial charge in [-0.1, -0.05) is 18.2 Å². The average molecular weight is 281 g/mol. The number of hydrogen-bond donors (Lipinski definition) is 0. The van der Waals surface area contributed by atoms with E-state index in [0.29, 0.717) is 0 Å². The molecule has 0 bridgehead atoms. The molecule has 0 aliphatic carbocycles. The normalized spacial score (nSPS) is 17.1. The molecule has 6 heteroatoms. The lowest BCUT2D eigenvalue weighted by Crippen LogP contribution is -2.43. The molecule has 1 amide bonds. The highest BCUT2D eigenvalue weighted by Gasteiger charge is 2.28. The third-order valence-corrected chi connectivity index (χ3v) is 3.73. The average Bonchev–Trinajstić information content (AvgIpc) is 2.94. The van der Waals surface area contributed by atoms with Gasteiger partial charge in [-0.2, -0.15) is 5.26 Å². The van der Waals surface area contributed by atoms with Gasteiger partial charge in [0.25, 0.3) is 5.82 Å². The standard InChI is InChI=1S/C15H15N5O/c1-11-6-7-12-4-2-3-5-13(12)20(11)15(21)9-19-10-17-14(8-16)18-19/h2-5,10-11H,6-7,9H2,1H3/t11-/m0/s1. The molecule has 1 aromatic heterocycles. The molecule has 0 saturated carbocycles. The highest BCUT2D eigenvalue weighted by atomic mass is 16.2. The lowest BCUT2D eigenvalue weighted by Gasteiger charge is -2.35. The summed E-state index contributed by atoms with van der Waals surface area (Å²) in [5.41, 5.74) is 2.17. The molecule has 1 aliphatic rings. The summed E-state index contributed by atoms with van der Waals surface area (Å²) in [6.07, 6.45) is 3.35. The van der Waals surface area contributed by atoms with Gasteiger partial charge in [0.2, 0.25) is 5.91 Å². The summed E-state index contributed by atoms with van der Waals surface area (Å²) in [5.74, 6) is 0.0407. The SMILES string of the molecule is C[C@H]1CCc2ccccc2N1C(=O)Cn1cnc(C#N)n1. The van der Waals surface area contributed by atoms with Crippen molar-refractivity contribution in [3.8, 4) is 6.07 Å². The molecule has 1 atom stereocenters. The van der Waals surface area contributed by atoms with E-state index in [1.54, 1.807) is 0 Å². The highest BCUT2D eigenvalue weighted by Crippen LogP contribution is 2.30. The first-order valence-electron chi connectivity index (χ1n) is 6.88. The monoisotopic (exact) mass is 281 g/mol. The van der Waals surface area contributed by atoms with Crippen molar-refractivity contribution >= 4 is 11.6 Å². The van der Waals surface area contributed by atoms with Crippen molar-refractivity contribution in [2.24, 2.45) is 0 Å². The van der Waals surface area contributed by atoms with E-state index in [1.165, 1.54) is 16.6 Å². The minimum atomic E-state index is -0.0379. The second-order valence-electron chi connectivity index (χ2n) is 5.16. The topological polar surface area (TPSA) is 74.8 Å². The molecule has 0 N–H and O–H groups in total. The second kappa shape index (κ2) is 5.37. The molecule has 2 aromatic rings. The van der Waals surface area contributed by atoms with Gasteiger partial charge in [0.1, 0.15) is 18.9 Å². The second-order valence-corrected chi connectivity index (χ2v) is 5.16. The minimum absolute atomic E-state index is 0.0379. The van der Waals surface area contributed by atoms with Gasteiger partial charge in [-0.25, -0.2) is 9.67 Å². The van der Waals surface area contributed by atoms with Gasteiger partial charge >= 0.3 is 0 Å². The van der Waals surface area contributed by atoms with Gasteiger partial charge < -0.3 is 4.90 Å². The number of nitrogens with zero attached hydrogens (tertiary/aromatic N) is 5. The molecule has 2 heterocycles. The van der Waals surface area contributed by atoms with Crippen LogP contribution in [0.4, 0.5) is 5.69 Å². The summed E-state index contributed by atoms with van der Waals surface area (Å²) < 4.78 is 1.41. The molecule has 0 spiro atoms. The Bertz CT molecular complexity index is 715. The predicted molar refractivity (Wildman–Crippen MR) is 76.4 cm³/mol. The van der Waals surface area contributed by atoms with Crippen molar-refractivity contribution in [2.75, 3.05) is 4.90 Å². The molecular formula is C15H15N5O. The van der Waals surface area contributed by atoms with Gasteiger partial charge in [0.15, 0.2) is 0 Å². The Balaban J connectivity index is 1.85. The molecule has 0 unspecified atom stereocenters. The molecule has 0 saturated heterocycles. The van der Waals surface area contributed by atoms with Gasteiger partial charge in [-0.15, -0.1) is 5.10 Å². The molecule has 0 radical (unpaired) electrons. The lowest BCUT2D eigenvalue weighted by atomic mass is 9.96. The number of nitriles is 1. The first kappa shape index (κ1) is 13.3. The number of hydrogen-bond acceptors (Lipinski definition) is 4. The number of benzene rings is 1. The summed E-state index contributed by atoms with van der Waals surface area (Å²) in [7, 11) is 0. The van der Waals surface area contributed by atoms with Gasteiger partial charge in [-0.05, 0) is 31.4 Å². The number of amides is 1. The summed E-state index contributed by atoms with van der Waals surface area (Å²) in [4.78, 5) is 18.2. The van der Waals surface area contributed by atoms with E-state index in [-0.39, 0.29) is 24.3 Å². The van der Waals surface area contributed by atoms with Crippen LogP contribution in [0.5, 0.6) is 0 Å². The largest absolute Gasteiger partial charge is 0.308 e. The lowest BCUT2D eigenvalue weighted by molar-refractivity contribution is -0.119. The third kappa shape index (κ3) is 2.50. The highest BCUT2D eigenvalue weighted by molar-refractivity contribution is 5.95. The van der Waals surface area contributed by atoms with E-state index in [4.69, 9.17) is 5.26 Å². The molecule has 1 aliphatic heterocycles. The quantitative estimate of drug-likeness (QED) is 0.836. The molecular weight excluding hydrogens is 266 g/mol. The molecule has 6 nitrogen and oxygen atoms in total. The zero-order valence-corrected chi connectivity index (χ0v) is 11.7. The number of anilines is 1. The minimum Gasteiger partial charge on any atom is -0.308 e. The van der Waals surface area contributed by atoms with Crippen molar-refractivity contribution in [3.63, 3.8) is 0 Å². The van der Waals surface area contributed by atoms with Crippen LogP contribution >= 0.6 is 0 Å². The fourth-order valence-corrected chi connectivity index (χ4v) is 2.71. The predicted octanol–water partition coefficient (Wildman–Crippen LogP) is 1.52. The van der Waals surface area contributed by atoms with Crippen LogP contribution < -0.4 is 4.90 Å². The van der Waals surface area contributed by atoms with E-state index in [1.807, 2.05) is 29.2 Å². The first-order chi connectivity index (χ1) is 10.2. The van der Waals surface area contributed by atoms with Crippen LogP contribution in [0.3, 0.4) is 0 Å². The number of aryl methyl sites for hydroxylation is 1. The number of carbonyl (C=O) groups is 1. The van der Waals surface area contributed by atoms with Crippen molar-refractivity contribution in [1.82, 2.24) is 14.8 Å². The van der Waals surface area contributed by atoms with Crippen LogP contribution in [0.1, 0.15) is 24.7 Å². The number of carbonyl (C=O) groups excluding carboxylic acids is 1. The number of rotatable bonds is 2. The Hall–Kier alpha value is -2.68. The fraction of sp³-hybridized carbons (Fsp3) is 0.333. The Labute approximate surface area is 122 Å². The van der Waals surface area contributed by atoms with E-state index in [2.05, 4.69) is 23.1 Å². The Morgan fingerprint density at radius 2 is 2.29 bits per heavy atom. The zero-order chi connectivity index (χ0) is 14.8. The van der Waals surface area contributed by atoms with Crippen molar-refractivity contribution in [3.05, 3.63) is 42.0 Å². The van der Waals surface area contributed by atoms with Crippen molar-refractivity contribution in [2.45, 2.75) is 32.4 Å². The number of fused-ring (bicyclic) bond motifs is 1. The zero-order valence-electron chi connectivity index (χ0n) is 11.7. The summed E-state index contributed by atoms with van der Waals surface area (Å²) in [5, 5.41) is 12.7. The Kier molecular flexibility index (Phi) is 3.40. The number of para-hydroxylation sites is 1. The fourth-order valence-electron chi connectivity index (χ4n) is 2.71. The smallest absolute Gasteiger partial charge is 0.252 e. The summed E-state index contributed by atoms with van der Waals surface area (Å²) >= 11 is 0. The summed E-state index contributed by atoms with van der Waals surface area (Å²) in [6, 6.07) is 9.99. The van der Waals surface area contributed by atoms with Crippen molar-refractivity contribution < 1.29 is 4.79 Å². The molecule has 106 valence electrons. The van der Waals surface area contributed by atoms with Crippen LogP contribution in [-0.2, 0) is 17.8 Å². The van der Waals surface area contributed by atoms with E-state index in [0.717, 1.165) is 18.5 Å². The van der Waals surface area contributed by atoms with Gasteiger partial charge in [-0.3, -0.25) is 4.79 Å². The van der Waals surface area contributed by atoms with Crippen LogP contribution in [0.2, 0.25) is 0 Å². The maximum Gasteiger partial charge on any atom is 0.252 e. The van der Waals surface area contributed by atoms with Crippen LogP contribution in [-0.4, -0.2) is 26.7 Å². The van der Waals surface area contributed by atoms with Gasteiger partial charge in [0.05, 0.1) is 0 Å². The molecule has 3 rings (SSSR count). The van der Waals surface area contributed by atoms with E-state index >= 15 is 0 Å². The Morgan fingerprint density at radius 1 is 1.48 bits per heavy atom. The maximum absolute atomic E-state index is 12.6. The molecule has 21 heavy (non-hydrogen) atoms. The third-order valence-electron chi connectivity index (χ3n) is 3.73. The maximum atomic E-state index is 12.6. The summed E-state index contributed by atoms with van der Waals surface area (Å²) in [6.45, 7) is 2.14.